The minimum absolute atomic E-state index is 0.163. The molecule has 5 fully saturated rings. The Balaban J connectivity index is 1.56. The van der Waals surface area contributed by atoms with Gasteiger partial charge in [0.25, 0.3) is 0 Å². The predicted molar refractivity (Wildman–Crippen MR) is 71.5 cm³/mol. The summed E-state index contributed by atoms with van der Waals surface area (Å²) >= 11 is 5.59. The Bertz CT molecular complexity index is 408. The van der Waals surface area contributed by atoms with Crippen molar-refractivity contribution >= 4 is 22.8 Å². The number of rotatable bonds is 2. The number of likely N-dealkylation sites (tertiary alicyclic amines) is 1. The fourth-order valence-corrected chi connectivity index (χ4v) is 5.72. The van der Waals surface area contributed by atoms with Crippen LogP contribution in [0.25, 0.3) is 0 Å². The second kappa shape index (κ2) is 4.21. The number of hydrogen-bond acceptors (Lipinski definition) is 2. The van der Waals surface area contributed by atoms with E-state index in [0.717, 1.165) is 11.8 Å². The molecule has 5 rings (SSSR count). The smallest absolute Gasteiger partial charge is 0.227 e. The third-order valence-corrected chi connectivity index (χ3v) is 6.32. The number of hydrogen-bond donors (Lipinski definition) is 0. The van der Waals surface area contributed by atoms with Gasteiger partial charge < -0.3 is 4.90 Å². The minimum atomic E-state index is -0.334. The van der Waals surface area contributed by atoms with E-state index >= 15 is 0 Å². The zero-order valence-corrected chi connectivity index (χ0v) is 11.8. The summed E-state index contributed by atoms with van der Waals surface area (Å²) in [7, 11) is 0. The van der Waals surface area contributed by atoms with Gasteiger partial charge in [0.15, 0.2) is 0 Å². The van der Waals surface area contributed by atoms with Crippen molar-refractivity contribution in [2.75, 3.05) is 6.54 Å². The molecule has 1 heterocycles. The molecule has 0 aromatic heterocycles. The summed E-state index contributed by atoms with van der Waals surface area (Å²) in [5.41, 5.74) is 0. The minimum Gasteiger partial charge on any atom is -0.338 e. The molecule has 104 valence electrons. The van der Waals surface area contributed by atoms with E-state index in [9.17, 15) is 9.59 Å². The molecule has 4 saturated carbocycles. The third kappa shape index (κ3) is 1.84. The van der Waals surface area contributed by atoms with E-state index in [4.69, 9.17) is 11.6 Å². The van der Waals surface area contributed by atoms with Crippen molar-refractivity contribution in [3.8, 4) is 0 Å². The molecule has 0 radical (unpaired) electrons. The van der Waals surface area contributed by atoms with Crippen molar-refractivity contribution < 1.29 is 9.59 Å². The first-order chi connectivity index (χ1) is 9.11. The van der Waals surface area contributed by atoms with Crippen LogP contribution < -0.4 is 0 Å². The Kier molecular flexibility index (Phi) is 2.70. The normalized spacial score (nSPS) is 48.1. The van der Waals surface area contributed by atoms with Gasteiger partial charge in [-0.15, -0.1) is 0 Å². The molecule has 1 aliphatic heterocycles. The average Bonchev–Trinajstić information content (AvgIpc) is 2.70. The van der Waals surface area contributed by atoms with Gasteiger partial charge in [-0.2, -0.15) is 0 Å². The van der Waals surface area contributed by atoms with E-state index in [2.05, 4.69) is 0 Å². The van der Waals surface area contributed by atoms with Crippen LogP contribution in [0.5, 0.6) is 0 Å². The number of nitrogens with zero attached hydrogens (tertiary/aromatic N) is 1. The molecule has 1 atom stereocenters. The summed E-state index contributed by atoms with van der Waals surface area (Å²) in [5.74, 6) is 3.14. The van der Waals surface area contributed by atoms with Gasteiger partial charge in [0.05, 0.1) is 5.92 Å². The highest BCUT2D eigenvalue weighted by Gasteiger charge is 2.52. The number of halogens is 1. The van der Waals surface area contributed by atoms with Gasteiger partial charge in [0, 0.05) is 19.0 Å². The maximum atomic E-state index is 12.2. The highest BCUT2D eigenvalue weighted by Crippen LogP contribution is 2.55. The van der Waals surface area contributed by atoms with Gasteiger partial charge in [-0.25, -0.2) is 0 Å². The van der Waals surface area contributed by atoms with Crippen molar-refractivity contribution in [1.29, 1.82) is 0 Å². The van der Waals surface area contributed by atoms with Gasteiger partial charge >= 0.3 is 0 Å². The number of carbonyl (C=O) groups is 2. The largest absolute Gasteiger partial charge is 0.338 e. The quantitative estimate of drug-likeness (QED) is 0.729. The molecule has 0 spiro atoms. The van der Waals surface area contributed by atoms with Crippen LogP contribution in [-0.2, 0) is 9.59 Å². The van der Waals surface area contributed by atoms with E-state index in [0.29, 0.717) is 30.8 Å². The molecule has 1 amide bonds. The van der Waals surface area contributed by atoms with Crippen LogP contribution in [0.2, 0.25) is 0 Å². The lowest BCUT2D eigenvalue weighted by Crippen LogP contribution is -2.56. The molecule has 0 N–H and O–H groups in total. The van der Waals surface area contributed by atoms with Crippen molar-refractivity contribution in [3.05, 3.63) is 0 Å². The number of carbonyl (C=O) groups excluding carboxylic acids is 2. The monoisotopic (exact) mass is 281 g/mol. The molecular formula is C15H20ClNO2. The molecule has 3 nitrogen and oxygen atoms in total. The summed E-state index contributed by atoms with van der Waals surface area (Å²) < 4.78 is 0. The highest BCUT2D eigenvalue weighted by atomic mass is 35.5. The molecule has 4 heteroatoms. The molecule has 1 saturated heterocycles. The Morgan fingerprint density at radius 2 is 1.63 bits per heavy atom. The van der Waals surface area contributed by atoms with E-state index in [1.165, 1.54) is 32.1 Å². The Labute approximate surface area is 118 Å². The van der Waals surface area contributed by atoms with Crippen LogP contribution in [0.1, 0.15) is 38.5 Å². The first kappa shape index (κ1) is 12.2. The molecule has 19 heavy (non-hydrogen) atoms. The van der Waals surface area contributed by atoms with Crippen molar-refractivity contribution in [2.24, 2.45) is 29.6 Å². The lowest BCUT2D eigenvalue weighted by Gasteiger charge is -2.56. The summed E-state index contributed by atoms with van der Waals surface area (Å²) in [6.07, 6.45) is 6.99. The molecular weight excluding hydrogens is 262 g/mol. The first-order valence-corrected chi connectivity index (χ1v) is 7.98. The third-order valence-electron chi connectivity index (χ3n) is 6.02. The molecule has 4 aliphatic carbocycles. The van der Waals surface area contributed by atoms with Crippen LogP contribution in [0.15, 0.2) is 0 Å². The summed E-state index contributed by atoms with van der Waals surface area (Å²) in [5, 5.41) is -0.334. The van der Waals surface area contributed by atoms with E-state index in [-0.39, 0.29) is 17.1 Å². The average molecular weight is 282 g/mol. The van der Waals surface area contributed by atoms with Crippen molar-refractivity contribution in [3.63, 3.8) is 0 Å². The Hall–Kier alpha value is -0.570. The Morgan fingerprint density at radius 1 is 1.05 bits per heavy atom. The maximum Gasteiger partial charge on any atom is 0.227 e. The van der Waals surface area contributed by atoms with Gasteiger partial charge in [-0.3, -0.25) is 9.59 Å². The van der Waals surface area contributed by atoms with E-state index < -0.39 is 0 Å². The SMILES string of the molecule is O=C(Cl)[C@@H]1CC(=O)N(C2C3CC4CC(C3)CC2C4)C1. The molecule has 0 aromatic rings. The summed E-state index contributed by atoms with van der Waals surface area (Å²) in [4.78, 5) is 25.6. The summed E-state index contributed by atoms with van der Waals surface area (Å²) in [6, 6.07) is 0.418. The molecule has 0 unspecified atom stereocenters. The fraction of sp³-hybridized carbons (Fsp3) is 0.867. The van der Waals surface area contributed by atoms with E-state index in [1.54, 1.807) is 0 Å². The maximum absolute atomic E-state index is 12.2. The molecule has 0 aromatic carbocycles. The van der Waals surface area contributed by atoms with Crippen LogP contribution in [0.4, 0.5) is 0 Å². The van der Waals surface area contributed by atoms with E-state index in [1.807, 2.05) is 4.90 Å². The molecule has 5 aliphatic rings. The second-order valence-electron chi connectivity index (χ2n) is 7.17. The van der Waals surface area contributed by atoms with Crippen molar-refractivity contribution in [2.45, 2.75) is 44.6 Å². The Morgan fingerprint density at radius 3 is 2.11 bits per heavy atom. The first-order valence-electron chi connectivity index (χ1n) is 7.60. The van der Waals surface area contributed by atoms with Gasteiger partial charge in [-0.05, 0) is 67.4 Å². The highest BCUT2D eigenvalue weighted by molar-refractivity contribution is 6.64. The lowest BCUT2D eigenvalue weighted by atomic mass is 9.54. The van der Waals surface area contributed by atoms with Crippen LogP contribution >= 0.6 is 11.6 Å². The fourth-order valence-electron chi connectivity index (χ4n) is 5.58. The zero-order valence-electron chi connectivity index (χ0n) is 11.1. The zero-order chi connectivity index (χ0) is 13.1. The topological polar surface area (TPSA) is 37.4 Å². The second-order valence-corrected chi connectivity index (χ2v) is 7.55. The summed E-state index contributed by atoms with van der Waals surface area (Å²) in [6.45, 7) is 0.578. The lowest BCUT2D eigenvalue weighted by molar-refractivity contribution is -0.138. The van der Waals surface area contributed by atoms with Crippen LogP contribution in [0.3, 0.4) is 0 Å². The standard InChI is InChI=1S/C15H20ClNO2/c16-15(19)12-6-13(18)17(7-12)14-10-2-8-1-9(4-10)5-11(14)3-8/h8-12,14H,1-7H2/t8?,9?,10?,11?,12-,14?/m1/s1. The van der Waals surface area contributed by atoms with Gasteiger partial charge in [-0.1, -0.05) is 0 Å². The predicted octanol–water partition coefficient (Wildman–Crippen LogP) is 2.43. The van der Waals surface area contributed by atoms with Crippen molar-refractivity contribution in [1.82, 2.24) is 4.90 Å². The molecule has 4 bridgehead atoms. The van der Waals surface area contributed by atoms with Crippen LogP contribution in [-0.4, -0.2) is 28.6 Å². The van der Waals surface area contributed by atoms with Crippen LogP contribution in [0, 0.1) is 29.6 Å². The van der Waals surface area contributed by atoms with Gasteiger partial charge in [0.2, 0.25) is 11.1 Å². The van der Waals surface area contributed by atoms with Gasteiger partial charge in [0.1, 0.15) is 0 Å². The number of amides is 1.